The number of nitrogens with two attached hydrogens (primary N) is 1. The van der Waals surface area contributed by atoms with Crippen LogP contribution in [0, 0.1) is 0 Å². The van der Waals surface area contributed by atoms with Crippen LogP contribution in [-0.4, -0.2) is 34.6 Å². The Bertz CT molecular complexity index is 456. The highest BCUT2D eigenvalue weighted by Crippen LogP contribution is 2.27. The number of halogens is 1. The van der Waals surface area contributed by atoms with Crippen LogP contribution in [0.5, 0.6) is 0 Å². The van der Waals surface area contributed by atoms with Gasteiger partial charge in [0.15, 0.2) is 0 Å². The van der Waals surface area contributed by atoms with E-state index in [1.54, 1.807) is 23.1 Å². The minimum Gasteiger partial charge on any atom is -0.398 e. The van der Waals surface area contributed by atoms with Crippen LogP contribution in [0.15, 0.2) is 22.7 Å². The largest absolute Gasteiger partial charge is 0.398 e. The van der Waals surface area contributed by atoms with Crippen molar-refractivity contribution in [2.24, 2.45) is 0 Å². The Morgan fingerprint density at radius 3 is 2.76 bits per heavy atom. The third-order valence-corrected chi connectivity index (χ3v) is 3.88. The van der Waals surface area contributed by atoms with E-state index in [9.17, 15) is 9.90 Å². The molecule has 0 bridgehead atoms. The summed E-state index contributed by atoms with van der Waals surface area (Å²) < 4.78 is 0.780. The molecular weight excluding hydrogens is 284 g/mol. The number of aliphatic hydroxyl groups is 1. The van der Waals surface area contributed by atoms with Gasteiger partial charge in [-0.15, -0.1) is 0 Å². The summed E-state index contributed by atoms with van der Waals surface area (Å²) in [5.74, 6) is -0.0812. The first kappa shape index (κ1) is 12.4. The average Bonchev–Trinajstić information content (AvgIpc) is 2.27. The lowest BCUT2D eigenvalue weighted by molar-refractivity contribution is -0.0826. The van der Waals surface area contributed by atoms with Gasteiger partial charge < -0.3 is 15.7 Å². The molecule has 1 aliphatic rings. The van der Waals surface area contributed by atoms with Gasteiger partial charge in [-0.25, -0.2) is 0 Å². The van der Waals surface area contributed by atoms with Crippen molar-refractivity contribution in [2.75, 3.05) is 18.8 Å². The van der Waals surface area contributed by atoms with Gasteiger partial charge in [-0.1, -0.05) is 6.92 Å². The van der Waals surface area contributed by atoms with E-state index in [1.807, 2.05) is 6.92 Å². The molecule has 1 fully saturated rings. The summed E-state index contributed by atoms with van der Waals surface area (Å²) in [7, 11) is 0. The molecule has 1 aliphatic heterocycles. The fourth-order valence-electron chi connectivity index (χ4n) is 1.89. The van der Waals surface area contributed by atoms with E-state index in [2.05, 4.69) is 15.9 Å². The molecular formula is C12H15BrN2O2. The van der Waals surface area contributed by atoms with E-state index >= 15 is 0 Å². The number of carbonyl (C=O) groups is 1. The molecule has 0 unspecified atom stereocenters. The topological polar surface area (TPSA) is 66.6 Å². The van der Waals surface area contributed by atoms with Crippen molar-refractivity contribution < 1.29 is 9.90 Å². The number of rotatable bonds is 2. The van der Waals surface area contributed by atoms with Crippen LogP contribution in [0.2, 0.25) is 0 Å². The van der Waals surface area contributed by atoms with Crippen molar-refractivity contribution in [1.29, 1.82) is 0 Å². The van der Waals surface area contributed by atoms with Gasteiger partial charge in [0.1, 0.15) is 0 Å². The first-order valence-electron chi connectivity index (χ1n) is 5.52. The van der Waals surface area contributed by atoms with Crippen LogP contribution in [0.3, 0.4) is 0 Å². The van der Waals surface area contributed by atoms with E-state index in [1.165, 1.54) is 0 Å². The molecule has 0 saturated carbocycles. The highest BCUT2D eigenvalue weighted by molar-refractivity contribution is 9.10. The first-order chi connectivity index (χ1) is 7.95. The summed E-state index contributed by atoms with van der Waals surface area (Å²) in [6.45, 7) is 2.72. The van der Waals surface area contributed by atoms with Crippen molar-refractivity contribution in [3.8, 4) is 0 Å². The lowest BCUT2D eigenvalue weighted by Crippen LogP contribution is -2.63. The van der Waals surface area contributed by atoms with Crippen LogP contribution >= 0.6 is 15.9 Å². The molecule has 17 heavy (non-hydrogen) atoms. The molecule has 92 valence electrons. The Kier molecular flexibility index (Phi) is 3.14. The Morgan fingerprint density at radius 2 is 2.24 bits per heavy atom. The zero-order valence-corrected chi connectivity index (χ0v) is 11.2. The van der Waals surface area contributed by atoms with Gasteiger partial charge >= 0.3 is 0 Å². The van der Waals surface area contributed by atoms with E-state index in [-0.39, 0.29) is 5.91 Å². The second kappa shape index (κ2) is 4.31. The lowest BCUT2D eigenvalue weighted by atomic mass is 9.90. The molecule has 0 spiro atoms. The molecule has 0 atom stereocenters. The summed E-state index contributed by atoms with van der Waals surface area (Å²) in [5, 5.41) is 9.86. The molecule has 3 N–H and O–H groups in total. The van der Waals surface area contributed by atoms with Crippen LogP contribution in [0.4, 0.5) is 5.69 Å². The fourth-order valence-corrected chi connectivity index (χ4v) is 2.14. The molecule has 1 amide bonds. The van der Waals surface area contributed by atoms with Gasteiger partial charge in [0.05, 0.1) is 18.7 Å². The molecule has 1 aromatic carbocycles. The number of amides is 1. The molecule has 2 rings (SSSR count). The lowest BCUT2D eigenvalue weighted by Gasteiger charge is -2.46. The van der Waals surface area contributed by atoms with Gasteiger partial charge in [0, 0.05) is 15.7 Å². The van der Waals surface area contributed by atoms with Crippen molar-refractivity contribution >= 4 is 27.5 Å². The first-order valence-corrected chi connectivity index (χ1v) is 6.31. The Balaban J connectivity index is 2.09. The third-order valence-electron chi connectivity index (χ3n) is 3.16. The number of β-amino-alcohol motifs (C(OH)–C–C–N with tert-alkyl or cyclic N) is 1. The number of hydrogen-bond acceptors (Lipinski definition) is 3. The third kappa shape index (κ3) is 2.30. The quantitative estimate of drug-likeness (QED) is 0.816. The monoisotopic (exact) mass is 298 g/mol. The zero-order chi connectivity index (χ0) is 12.6. The summed E-state index contributed by atoms with van der Waals surface area (Å²) in [6.07, 6.45) is 0.666. The standard InChI is InChI=1S/C12H15BrN2O2/c1-2-12(17)6-15(7-12)11(16)8-3-4-9(13)10(14)5-8/h3-5,17H,2,6-7,14H2,1H3. The van der Waals surface area contributed by atoms with Gasteiger partial charge in [0.25, 0.3) is 5.91 Å². The Morgan fingerprint density at radius 1 is 1.59 bits per heavy atom. The van der Waals surface area contributed by atoms with Gasteiger partial charge in [-0.05, 0) is 40.5 Å². The second-order valence-electron chi connectivity index (χ2n) is 4.48. The van der Waals surface area contributed by atoms with E-state index in [4.69, 9.17) is 5.73 Å². The molecule has 1 heterocycles. The van der Waals surface area contributed by atoms with Gasteiger partial charge in [-0.3, -0.25) is 4.79 Å². The number of hydrogen-bond donors (Lipinski definition) is 2. The minimum atomic E-state index is -0.698. The minimum absolute atomic E-state index is 0.0812. The molecule has 0 aliphatic carbocycles. The maximum absolute atomic E-state index is 12.0. The fraction of sp³-hybridized carbons (Fsp3) is 0.417. The normalized spacial score (nSPS) is 17.7. The highest BCUT2D eigenvalue weighted by Gasteiger charge is 2.42. The molecule has 4 nitrogen and oxygen atoms in total. The number of nitrogens with zero attached hydrogens (tertiary/aromatic N) is 1. The van der Waals surface area contributed by atoms with E-state index in [0.717, 1.165) is 4.47 Å². The van der Waals surface area contributed by atoms with Gasteiger partial charge in [-0.2, -0.15) is 0 Å². The predicted molar refractivity (Wildman–Crippen MR) is 69.7 cm³/mol. The molecule has 0 radical (unpaired) electrons. The predicted octanol–water partition coefficient (Wildman–Crippen LogP) is 1.63. The summed E-state index contributed by atoms with van der Waals surface area (Å²) in [6, 6.07) is 5.14. The van der Waals surface area contributed by atoms with Gasteiger partial charge in [0.2, 0.25) is 0 Å². The SMILES string of the molecule is CCC1(O)CN(C(=O)c2ccc(Br)c(N)c2)C1. The van der Waals surface area contributed by atoms with Crippen molar-refractivity contribution in [1.82, 2.24) is 4.90 Å². The maximum Gasteiger partial charge on any atom is 0.254 e. The Labute approximate surface area is 109 Å². The highest BCUT2D eigenvalue weighted by atomic mass is 79.9. The zero-order valence-electron chi connectivity index (χ0n) is 9.61. The van der Waals surface area contributed by atoms with Crippen LogP contribution in [0.25, 0.3) is 0 Å². The van der Waals surface area contributed by atoms with Crippen LogP contribution in [-0.2, 0) is 0 Å². The van der Waals surface area contributed by atoms with E-state index < -0.39 is 5.60 Å². The summed E-state index contributed by atoms with van der Waals surface area (Å²) in [4.78, 5) is 13.7. The smallest absolute Gasteiger partial charge is 0.254 e. The van der Waals surface area contributed by atoms with E-state index in [0.29, 0.717) is 30.8 Å². The summed E-state index contributed by atoms with van der Waals surface area (Å²) >= 11 is 3.29. The number of likely N-dealkylation sites (tertiary alicyclic amines) is 1. The molecule has 0 aromatic heterocycles. The number of carbonyl (C=O) groups excluding carboxylic acids is 1. The molecule has 5 heteroatoms. The molecule has 1 aromatic rings. The van der Waals surface area contributed by atoms with Crippen LogP contribution < -0.4 is 5.73 Å². The maximum atomic E-state index is 12.0. The number of anilines is 1. The van der Waals surface area contributed by atoms with Crippen LogP contribution in [0.1, 0.15) is 23.7 Å². The van der Waals surface area contributed by atoms with Crippen molar-refractivity contribution in [2.45, 2.75) is 18.9 Å². The number of benzene rings is 1. The Hall–Kier alpha value is -1.07. The van der Waals surface area contributed by atoms with Crippen molar-refractivity contribution in [3.05, 3.63) is 28.2 Å². The molecule has 1 saturated heterocycles. The van der Waals surface area contributed by atoms with Crippen molar-refractivity contribution in [3.63, 3.8) is 0 Å². The number of nitrogen functional groups attached to an aromatic ring is 1. The average molecular weight is 299 g/mol. The second-order valence-corrected chi connectivity index (χ2v) is 5.33. The summed E-state index contributed by atoms with van der Waals surface area (Å²) in [5.41, 5.74) is 6.14.